The van der Waals surface area contributed by atoms with Gasteiger partial charge in [0.1, 0.15) is 0 Å². The van der Waals surface area contributed by atoms with Gasteiger partial charge >= 0.3 is 0 Å². The van der Waals surface area contributed by atoms with Crippen LogP contribution in [0, 0.1) is 11.8 Å². The number of aliphatic hydroxyl groups excluding tert-OH is 1. The van der Waals surface area contributed by atoms with Gasteiger partial charge in [0.05, 0.1) is 24.1 Å². The minimum atomic E-state index is -0.118. The lowest BCUT2D eigenvalue weighted by molar-refractivity contribution is -0.107. The molecule has 1 heterocycles. The van der Waals surface area contributed by atoms with Crippen LogP contribution in [-0.4, -0.2) is 53.9 Å². The van der Waals surface area contributed by atoms with Gasteiger partial charge in [0.25, 0.3) is 0 Å². The van der Waals surface area contributed by atoms with Crippen molar-refractivity contribution in [2.45, 2.75) is 50.1 Å². The van der Waals surface area contributed by atoms with E-state index in [2.05, 4.69) is 84.5 Å². The van der Waals surface area contributed by atoms with Crippen molar-refractivity contribution in [2.75, 3.05) is 26.4 Å². The molecule has 30 heavy (non-hydrogen) atoms. The molecule has 0 spiro atoms. The molecule has 1 N–H and O–H groups in total. The number of nitrogens with zero attached hydrogens (tertiary/aromatic N) is 1. The van der Waals surface area contributed by atoms with E-state index in [1.165, 1.54) is 19.3 Å². The Bertz CT molecular complexity index is 692. The van der Waals surface area contributed by atoms with Gasteiger partial charge in [-0.2, -0.15) is 0 Å². The van der Waals surface area contributed by atoms with Crippen molar-refractivity contribution < 1.29 is 9.84 Å². The van der Waals surface area contributed by atoms with E-state index in [1.807, 2.05) is 6.92 Å². The molecule has 1 aliphatic heterocycles. The average Bonchev–Trinajstić information content (AvgIpc) is 2.82. The van der Waals surface area contributed by atoms with Gasteiger partial charge in [-0.25, -0.2) is 0 Å². The summed E-state index contributed by atoms with van der Waals surface area (Å²) in [4.78, 5) is 2.65. The quantitative estimate of drug-likeness (QED) is 0.327. The molecule has 164 valence electrons. The number of rotatable bonds is 8. The Balaban J connectivity index is 2.05. The number of ether oxygens (including phenoxy) is 1. The van der Waals surface area contributed by atoms with Crippen molar-refractivity contribution in [1.82, 2.24) is 4.90 Å². The molecule has 3 rings (SSSR count). The zero-order valence-electron chi connectivity index (χ0n) is 18.5. The first-order valence-electron chi connectivity index (χ1n) is 11.4. The van der Waals surface area contributed by atoms with Crippen LogP contribution in [0.4, 0.5) is 0 Å². The van der Waals surface area contributed by atoms with Gasteiger partial charge < -0.3 is 9.84 Å². The summed E-state index contributed by atoms with van der Waals surface area (Å²) >= 11 is 0. The van der Waals surface area contributed by atoms with Crippen LogP contribution in [0.2, 0.25) is 0 Å². The van der Waals surface area contributed by atoms with E-state index in [9.17, 15) is 5.11 Å². The molecule has 3 aliphatic rings. The Morgan fingerprint density at radius 1 is 1.10 bits per heavy atom. The van der Waals surface area contributed by atoms with Gasteiger partial charge in [0, 0.05) is 19.0 Å². The molecule has 0 saturated carbocycles. The molecule has 2 aliphatic carbocycles. The van der Waals surface area contributed by atoms with Crippen molar-refractivity contribution in [3.05, 3.63) is 72.9 Å². The predicted molar refractivity (Wildman–Crippen MR) is 130 cm³/mol. The lowest BCUT2D eigenvalue weighted by atomic mass is 9.66. The first kappa shape index (κ1) is 23.4. The molecule has 6 atom stereocenters. The minimum Gasteiger partial charge on any atom is -0.394 e. The fraction of sp³-hybridized carbons (Fsp3) is 0.538. The van der Waals surface area contributed by atoms with Gasteiger partial charge in [0.2, 0.25) is 0 Å². The molecule has 0 aromatic rings. The van der Waals surface area contributed by atoms with Crippen LogP contribution >= 0.6 is 8.58 Å². The lowest BCUT2D eigenvalue weighted by Crippen LogP contribution is -2.63. The van der Waals surface area contributed by atoms with E-state index < -0.39 is 0 Å². The van der Waals surface area contributed by atoms with Crippen LogP contribution in [0.25, 0.3) is 0 Å². The second-order valence-corrected chi connectivity index (χ2v) is 9.62. The molecule has 0 aromatic heterocycles. The maximum atomic E-state index is 9.96. The highest BCUT2D eigenvalue weighted by molar-refractivity contribution is 7.37. The van der Waals surface area contributed by atoms with Gasteiger partial charge in [-0.3, -0.25) is 4.90 Å². The van der Waals surface area contributed by atoms with Gasteiger partial charge in [-0.05, 0) is 45.2 Å². The number of hydrogen-bond acceptors (Lipinski definition) is 3. The molecule has 0 amide bonds. The Morgan fingerprint density at radius 2 is 1.97 bits per heavy atom. The summed E-state index contributed by atoms with van der Waals surface area (Å²) in [6.45, 7) is 6.04. The monoisotopic (exact) mass is 427 g/mol. The largest absolute Gasteiger partial charge is 0.394 e. The summed E-state index contributed by atoms with van der Waals surface area (Å²) in [5.74, 6) is 1.05. The maximum absolute atomic E-state index is 9.96. The lowest BCUT2D eigenvalue weighted by Gasteiger charge is -2.54. The smallest absolute Gasteiger partial charge is 0.0941 e. The molecule has 3 nitrogen and oxygen atoms in total. The van der Waals surface area contributed by atoms with Crippen LogP contribution < -0.4 is 0 Å². The second kappa shape index (κ2) is 12.0. The van der Waals surface area contributed by atoms with E-state index in [-0.39, 0.29) is 24.1 Å². The summed E-state index contributed by atoms with van der Waals surface area (Å²) in [5.41, 5.74) is -0.118. The number of morpholine rings is 1. The Kier molecular flexibility index (Phi) is 9.33. The fourth-order valence-electron chi connectivity index (χ4n) is 5.08. The molecule has 5 unspecified atom stereocenters. The number of hydrogen-bond donors (Lipinski definition) is 1. The molecule has 4 heteroatoms. The second-order valence-electron chi connectivity index (χ2n) is 8.40. The maximum Gasteiger partial charge on any atom is 0.0941 e. The van der Waals surface area contributed by atoms with Gasteiger partial charge in [0.15, 0.2) is 0 Å². The zero-order chi connectivity index (χ0) is 21.2. The summed E-state index contributed by atoms with van der Waals surface area (Å²) in [6, 6.07) is 0. The molecular weight excluding hydrogens is 389 g/mol. The Labute approximate surface area is 184 Å². The van der Waals surface area contributed by atoms with Crippen molar-refractivity contribution in [2.24, 2.45) is 11.8 Å². The first-order valence-corrected chi connectivity index (χ1v) is 13.0. The number of allylic oxidation sites excluding steroid dienone is 9. The van der Waals surface area contributed by atoms with Crippen LogP contribution in [0.1, 0.15) is 32.6 Å². The van der Waals surface area contributed by atoms with E-state index in [1.54, 1.807) is 0 Å². The van der Waals surface area contributed by atoms with E-state index in [4.69, 9.17) is 4.74 Å². The summed E-state index contributed by atoms with van der Waals surface area (Å²) in [5, 5.41) is 9.96. The van der Waals surface area contributed by atoms with Crippen LogP contribution in [-0.2, 0) is 4.74 Å². The third-order valence-electron chi connectivity index (χ3n) is 6.55. The molecule has 1 fully saturated rings. The highest BCUT2D eigenvalue weighted by atomic mass is 31.1. The SMILES string of the molecule is C\C=C/C=C\C=C\C(C1C=CC=CC1)([C@H]1C=CCCC1)N1CC(CO)OC(PC)C1. The first-order chi connectivity index (χ1) is 14.7. The minimum absolute atomic E-state index is 0.0827. The average molecular weight is 428 g/mol. The van der Waals surface area contributed by atoms with Gasteiger partial charge in [-0.1, -0.05) is 81.5 Å². The fourth-order valence-corrected chi connectivity index (χ4v) is 5.81. The van der Waals surface area contributed by atoms with Gasteiger partial charge in [-0.15, -0.1) is 0 Å². The topological polar surface area (TPSA) is 32.7 Å². The zero-order valence-corrected chi connectivity index (χ0v) is 19.5. The third-order valence-corrected chi connectivity index (χ3v) is 7.51. The third kappa shape index (κ3) is 5.51. The number of aliphatic hydroxyl groups is 1. The normalized spacial score (nSPS) is 32.9. The van der Waals surface area contributed by atoms with Crippen molar-refractivity contribution in [1.29, 1.82) is 0 Å². The van der Waals surface area contributed by atoms with E-state index >= 15 is 0 Å². The molecule has 0 radical (unpaired) electrons. The molecule has 1 saturated heterocycles. The van der Waals surface area contributed by atoms with Crippen molar-refractivity contribution in [3.8, 4) is 0 Å². The van der Waals surface area contributed by atoms with E-state index in [0.717, 1.165) is 19.5 Å². The van der Waals surface area contributed by atoms with Crippen LogP contribution in [0.15, 0.2) is 72.9 Å². The van der Waals surface area contributed by atoms with Crippen LogP contribution in [0.5, 0.6) is 0 Å². The highest BCUT2D eigenvalue weighted by Gasteiger charge is 2.48. The summed E-state index contributed by atoms with van der Waals surface area (Å²) in [7, 11) is 0.709. The molecule has 0 aromatic carbocycles. The molecular formula is C26H38NO2P. The molecule has 0 bridgehead atoms. The standard InChI is InChI=1S/C26H38NO2P/c1-3-4-5-6-13-18-26(22-14-9-7-10-15-22,23-16-11-8-12-17-23)27-19-24(21-28)29-25(20-27)30-2/h3-7,9-11,13-14,16,18,22-25,28,30H,8,12,15,17,19-21H2,1-2H3/b4-3-,6-5-,18-13+/t22?,23-,24?,25?,26?/m0/s1. The highest BCUT2D eigenvalue weighted by Crippen LogP contribution is 2.45. The van der Waals surface area contributed by atoms with Crippen LogP contribution in [0.3, 0.4) is 0 Å². The van der Waals surface area contributed by atoms with Crippen molar-refractivity contribution in [3.63, 3.8) is 0 Å². The van der Waals surface area contributed by atoms with E-state index in [0.29, 0.717) is 20.4 Å². The van der Waals surface area contributed by atoms with Crippen molar-refractivity contribution >= 4 is 8.58 Å². The summed E-state index contributed by atoms with van der Waals surface area (Å²) in [6.07, 6.45) is 31.5. The Morgan fingerprint density at radius 3 is 2.63 bits per heavy atom. The predicted octanol–water partition coefficient (Wildman–Crippen LogP) is 5.23. The summed E-state index contributed by atoms with van der Waals surface area (Å²) < 4.78 is 6.17. The Hall–Kier alpha value is -1.25.